The molecule has 1 fully saturated rings. The number of hydrogen-bond donors (Lipinski definition) is 2. The number of hydrogen-bond acceptors (Lipinski definition) is 3. The zero-order chi connectivity index (χ0) is 8.93. The second-order valence-corrected chi connectivity index (χ2v) is 4.38. The van der Waals surface area contributed by atoms with Gasteiger partial charge in [-0.2, -0.15) is 0 Å². The Morgan fingerprint density at radius 2 is 2.31 bits per heavy atom. The minimum Gasteiger partial charge on any atom is -0.364 e. The van der Waals surface area contributed by atoms with Crippen molar-refractivity contribution in [2.75, 3.05) is 18.8 Å². The van der Waals surface area contributed by atoms with E-state index in [-0.39, 0.29) is 0 Å². The lowest BCUT2D eigenvalue weighted by molar-refractivity contribution is 0.691. The summed E-state index contributed by atoms with van der Waals surface area (Å²) in [6.45, 7) is 2.21. The molecule has 3 heteroatoms. The van der Waals surface area contributed by atoms with Gasteiger partial charge in [0.15, 0.2) is 0 Å². The van der Waals surface area contributed by atoms with Gasteiger partial charge in [0.25, 0.3) is 0 Å². The van der Waals surface area contributed by atoms with Gasteiger partial charge >= 0.3 is 0 Å². The summed E-state index contributed by atoms with van der Waals surface area (Å²) in [5.41, 5.74) is 1.31. The molecule has 0 aliphatic carbocycles. The molecule has 0 amide bonds. The molecular formula is C10H14N2S. The number of nitrogens with one attached hydrogen (secondary N) is 2. The van der Waals surface area contributed by atoms with E-state index in [1.54, 1.807) is 0 Å². The van der Waals surface area contributed by atoms with Gasteiger partial charge < -0.3 is 10.6 Å². The normalized spacial score (nSPS) is 27.7. The van der Waals surface area contributed by atoms with E-state index in [2.05, 4.69) is 22.8 Å². The van der Waals surface area contributed by atoms with Crippen LogP contribution in [0.15, 0.2) is 36.2 Å². The summed E-state index contributed by atoms with van der Waals surface area (Å²) in [6, 6.07) is 0. The molecule has 1 saturated heterocycles. The molecule has 0 aromatic rings. The van der Waals surface area contributed by atoms with E-state index in [0.29, 0.717) is 5.25 Å². The largest absolute Gasteiger partial charge is 0.364 e. The molecule has 0 saturated carbocycles. The Hall–Kier alpha value is -0.670. The van der Waals surface area contributed by atoms with Crippen LogP contribution in [0.4, 0.5) is 0 Å². The van der Waals surface area contributed by atoms with E-state index in [1.807, 2.05) is 30.1 Å². The third-order valence-electron chi connectivity index (χ3n) is 2.12. The molecule has 2 aliphatic heterocycles. The third-order valence-corrected chi connectivity index (χ3v) is 3.38. The van der Waals surface area contributed by atoms with Crippen molar-refractivity contribution in [3.8, 4) is 0 Å². The van der Waals surface area contributed by atoms with Gasteiger partial charge in [0.05, 0.1) is 5.25 Å². The summed E-state index contributed by atoms with van der Waals surface area (Å²) < 4.78 is 0. The number of thioether (sulfide) groups is 1. The van der Waals surface area contributed by atoms with Crippen molar-refractivity contribution < 1.29 is 0 Å². The summed E-state index contributed by atoms with van der Waals surface area (Å²) in [4.78, 5) is 0. The first kappa shape index (κ1) is 8.91. The molecule has 0 bridgehead atoms. The Balaban J connectivity index is 2.01. The van der Waals surface area contributed by atoms with E-state index in [9.17, 15) is 0 Å². The molecule has 2 aliphatic rings. The highest BCUT2D eigenvalue weighted by atomic mass is 32.2. The topological polar surface area (TPSA) is 24.1 Å². The molecule has 2 nitrogen and oxygen atoms in total. The third kappa shape index (κ3) is 2.39. The molecule has 1 atom stereocenters. The van der Waals surface area contributed by atoms with Gasteiger partial charge in [-0.15, -0.1) is 11.8 Å². The smallest absolute Gasteiger partial charge is 0.0572 e. The standard InChI is InChI=1S/C10H14N2S/c1-2-4-9(12-5-3-1)10-8-11-6-7-13-10/h1-5,10-12H,6-8H2. The predicted octanol–water partition coefficient (Wildman–Crippen LogP) is 1.25. The van der Waals surface area contributed by atoms with Crippen LogP contribution in [0, 0.1) is 0 Å². The summed E-state index contributed by atoms with van der Waals surface area (Å²) in [7, 11) is 0. The Morgan fingerprint density at radius 1 is 1.31 bits per heavy atom. The summed E-state index contributed by atoms with van der Waals surface area (Å²) >= 11 is 2.02. The van der Waals surface area contributed by atoms with Crippen LogP contribution < -0.4 is 10.6 Å². The van der Waals surface area contributed by atoms with Crippen LogP contribution in [0.5, 0.6) is 0 Å². The molecule has 2 N–H and O–H groups in total. The zero-order valence-corrected chi connectivity index (χ0v) is 8.31. The van der Waals surface area contributed by atoms with Crippen LogP contribution in [0.3, 0.4) is 0 Å². The molecule has 0 spiro atoms. The Morgan fingerprint density at radius 3 is 3.15 bits per heavy atom. The highest BCUT2D eigenvalue weighted by Gasteiger charge is 2.16. The van der Waals surface area contributed by atoms with Crippen LogP contribution in [-0.2, 0) is 0 Å². The first-order chi connectivity index (χ1) is 6.47. The quantitative estimate of drug-likeness (QED) is 0.657. The Kier molecular flexibility index (Phi) is 3.11. The van der Waals surface area contributed by atoms with Crippen molar-refractivity contribution in [1.29, 1.82) is 0 Å². The number of rotatable bonds is 1. The van der Waals surface area contributed by atoms with E-state index in [4.69, 9.17) is 0 Å². The SMILES string of the molecule is C1=CC=C(C2CNCCS2)NC=C1. The minimum atomic E-state index is 0.584. The van der Waals surface area contributed by atoms with Crippen LogP contribution in [0.2, 0.25) is 0 Å². The molecule has 0 aromatic carbocycles. The molecule has 0 aromatic heterocycles. The predicted molar refractivity (Wildman–Crippen MR) is 58.6 cm³/mol. The van der Waals surface area contributed by atoms with Gasteiger partial charge in [0.2, 0.25) is 0 Å². The fraction of sp³-hybridized carbons (Fsp3) is 0.400. The van der Waals surface area contributed by atoms with Gasteiger partial charge in [-0.05, 0) is 12.2 Å². The molecule has 1 unspecified atom stereocenters. The van der Waals surface area contributed by atoms with Crippen LogP contribution >= 0.6 is 11.8 Å². The van der Waals surface area contributed by atoms with Crippen LogP contribution in [0.1, 0.15) is 0 Å². The molecular weight excluding hydrogens is 180 g/mol. The van der Waals surface area contributed by atoms with E-state index in [0.717, 1.165) is 13.1 Å². The highest BCUT2D eigenvalue weighted by molar-refractivity contribution is 8.00. The Labute approximate surface area is 83.2 Å². The average molecular weight is 194 g/mol. The first-order valence-electron chi connectivity index (χ1n) is 4.59. The summed E-state index contributed by atoms with van der Waals surface area (Å²) in [5, 5.41) is 7.30. The van der Waals surface area contributed by atoms with Gasteiger partial charge in [0.1, 0.15) is 0 Å². The summed E-state index contributed by atoms with van der Waals surface area (Å²) in [6.07, 6.45) is 10.3. The van der Waals surface area contributed by atoms with Gasteiger partial charge in [-0.25, -0.2) is 0 Å². The van der Waals surface area contributed by atoms with Crippen molar-refractivity contribution in [2.45, 2.75) is 5.25 Å². The molecule has 2 heterocycles. The van der Waals surface area contributed by atoms with Crippen LogP contribution in [0.25, 0.3) is 0 Å². The fourth-order valence-electron chi connectivity index (χ4n) is 1.44. The van der Waals surface area contributed by atoms with Crippen molar-refractivity contribution in [3.05, 3.63) is 36.2 Å². The Bertz CT molecular complexity index is 250. The van der Waals surface area contributed by atoms with E-state index in [1.165, 1.54) is 11.4 Å². The van der Waals surface area contributed by atoms with Crippen molar-refractivity contribution in [2.24, 2.45) is 0 Å². The second kappa shape index (κ2) is 4.53. The van der Waals surface area contributed by atoms with Gasteiger partial charge in [-0.1, -0.05) is 12.2 Å². The molecule has 70 valence electrons. The zero-order valence-electron chi connectivity index (χ0n) is 7.49. The van der Waals surface area contributed by atoms with Crippen molar-refractivity contribution in [1.82, 2.24) is 10.6 Å². The van der Waals surface area contributed by atoms with E-state index >= 15 is 0 Å². The first-order valence-corrected chi connectivity index (χ1v) is 5.64. The van der Waals surface area contributed by atoms with Crippen molar-refractivity contribution in [3.63, 3.8) is 0 Å². The summed E-state index contributed by atoms with van der Waals surface area (Å²) in [5.74, 6) is 1.21. The monoisotopic (exact) mass is 194 g/mol. The molecule has 0 radical (unpaired) electrons. The molecule has 13 heavy (non-hydrogen) atoms. The maximum Gasteiger partial charge on any atom is 0.0572 e. The lowest BCUT2D eigenvalue weighted by Gasteiger charge is -2.24. The average Bonchev–Trinajstić information content (AvgIpc) is 2.47. The molecule has 2 rings (SSSR count). The lowest BCUT2D eigenvalue weighted by Crippen LogP contribution is -2.36. The second-order valence-electron chi connectivity index (χ2n) is 3.07. The highest BCUT2D eigenvalue weighted by Crippen LogP contribution is 2.20. The number of allylic oxidation sites excluding steroid dienone is 4. The maximum atomic E-state index is 3.40. The maximum absolute atomic E-state index is 3.40. The lowest BCUT2D eigenvalue weighted by atomic mass is 10.2. The van der Waals surface area contributed by atoms with Gasteiger partial charge in [0, 0.05) is 30.7 Å². The van der Waals surface area contributed by atoms with Crippen molar-refractivity contribution >= 4 is 11.8 Å². The van der Waals surface area contributed by atoms with Gasteiger partial charge in [-0.3, -0.25) is 0 Å². The van der Waals surface area contributed by atoms with E-state index < -0.39 is 0 Å². The minimum absolute atomic E-state index is 0.584. The van der Waals surface area contributed by atoms with Crippen LogP contribution in [-0.4, -0.2) is 24.1 Å². The fourth-order valence-corrected chi connectivity index (χ4v) is 2.55.